The van der Waals surface area contributed by atoms with Gasteiger partial charge in [0.15, 0.2) is 0 Å². The summed E-state index contributed by atoms with van der Waals surface area (Å²) in [6.45, 7) is 2.50. The van der Waals surface area contributed by atoms with Crippen LogP contribution in [-0.4, -0.2) is 38.1 Å². The van der Waals surface area contributed by atoms with E-state index in [2.05, 4.69) is 6.92 Å². The van der Waals surface area contributed by atoms with Crippen LogP contribution in [0.15, 0.2) is 35.2 Å². The van der Waals surface area contributed by atoms with Crippen molar-refractivity contribution in [1.82, 2.24) is 0 Å². The Morgan fingerprint density at radius 1 is 0.857 bits per heavy atom. The van der Waals surface area contributed by atoms with Gasteiger partial charge >= 0.3 is 23.1 Å². The summed E-state index contributed by atoms with van der Waals surface area (Å²) in [5, 5.41) is 0. The standard InChI is InChI=1S/C16H26O3S.Mg.2H/c1-2-3-4-5-6-7-8-12-15-19-20(17,18)16-13-10-9-11-14-16;;;/h9-11,13-14H,2-8,12,15H2,1H3;;;. The highest BCUT2D eigenvalue weighted by atomic mass is 32.2. The summed E-state index contributed by atoms with van der Waals surface area (Å²) in [7, 11) is -3.57. The number of hydrogen-bond acceptors (Lipinski definition) is 3. The maximum Gasteiger partial charge on any atom is 0.316 e. The van der Waals surface area contributed by atoms with E-state index in [1.807, 2.05) is 0 Å². The molecule has 0 spiro atoms. The van der Waals surface area contributed by atoms with E-state index in [9.17, 15) is 8.42 Å². The Balaban J connectivity index is 0.00000400. The molecule has 1 aromatic rings. The maximum absolute atomic E-state index is 11.8. The van der Waals surface area contributed by atoms with Crippen molar-refractivity contribution in [3.8, 4) is 0 Å². The molecule has 0 N–H and O–H groups in total. The summed E-state index contributed by atoms with van der Waals surface area (Å²) in [4.78, 5) is 0.236. The first kappa shape index (κ1) is 20.9. The number of rotatable bonds is 11. The molecule has 0 aliphatic rings. The normalized spacial score (nSPS) is 11.1. The van der Waals surface area contributed by atoms with Crippen molar-refractivity contribution in [3.63, 3.8) is 0 Å². The van der Waals surface area contributed by atoms with Crippen molar-refractivity contribution in [2.75, 3.05) is 6.61 Å². The highest BCUT2D eigenvalue weighted by Gasteiger charge is 2.13. The molecule has 0 aromatic heterocycles. The van der Waals surface area contributed by atoms with Gasteiger partial charge in [-0.1, -0.05) is 70.1 Å². The number of unbranched alkanes of at least 4 members (excludes halogenated alkanes) is 7. The fraction of sp³-hybridized carbons (Fsp3) is 0.625. The minimum absolute atomic E-state index is 0. The smallest absolute Gasteiger partial charge is 0.266 e. The monoisotopic (exact) mass is 324 g/mol. The average Bonchev–Trinajstić information content (AvgIpc) is 2.46. The lowest BCUT2D eigenvalue weighted by Gasteiger charge is -2.05. The van der Waals surface area contributed by atoms with Crippen molar-refractivity contribution >= 4 is 33.2 Å². The SMILES string of the molecule is CCCCCCCCCCOS(=O)(=O)c1ccccc1.[MgH2]. The highest BCUT2D eigenvalue weighted by Crippen LogP contribution is 2.13. The van der Waals surface area contributed by atoms with Crippen molar-refractivity contribution < 1.29 is 12.6 Å². The highest BCUT2D eigenvalue weighted by molar-refractivity contribution is 7.86. The van der Waals surface area contributed by atoms with Crippen molar-refractivity contribution in [2.24, 2.45) is 0 Å². The van der Waals surface area contributed by atoms with Gasteiger partial charge in [0.25, 0.3) is 10.1 Å². The topological polar surface area (TPSA) is 43.4 Å². The molecule has 1 rings (SSSR count). The summed E-state index contributed by atoms with van der Waals surface area (Å²) in [5.74, 6) is 0. The van der Waals surface area contributed by atoms with E-state index in [0.29, 0.717) is 0 Å². The lowest BCUT2D eigenvalue weighted by atomic mass is 10.1. The summed E-state index contributed by atoms with van der Waals surface area (Å²) in [5.41, 5.74) is 0. The fourth-order valence-electron chi connectivity index (χ4n) is 2.06. The van der Waals surface area contributed by atoms with Gasteiger partial charge in [-0.25, -0.2) is 0 Å². The molecule has 1 aromatic carbocycles. The summed E-state index contributed by atoms with van der Waals surface area (Å²) < 4.78 is 28.7. The molecule has 0 radical (unpaired) electrons. The van der Waals surface area contributed by atoms with Crippen molar-refractivity contribution in [3.05, 3.63) is 30.3 Å². The van der Waals surface area contributed by atoms with Gasteiger partial charge in [0, 0.05) is 0 Å². The molecular weight excluding hydrogens is 297 g/mol. The van der Waals surface area contributed by atoms with E-state index >= 15 is 0 Å². The largest absolute Gasteiger partial charge is 0.316 e. The molecule has 3 nitrogen and oxygen atoms in total. The Morgan fingerprint density at radius 3 is 1.95 bits per heavy atom. The van der Waals surface area contributed by atoms with Gasteiger partial charge < -0.3 is 0 Å². The Morgan fingerprint density at radius 2 is 1.38 bits per heavy atom. The van der Waals surface area contributed by atoms with Gasteiger partial charge in [-0.15, -0.1) is 0 Å². The predicted molar refractivity (Wildman–Crippen MR) is 90.7 cm³/mol. The molecule has 0 saturated carbocycles. The second-order valence-corrected chi connectivity index (χ2v) is 6.68. The van der Waals surface area contributed by atoms with Gasteiger partial charge in [0.1, 0.15) is 0 Å². The third kappa shape index (κ3) is 9.50. The molecule has 118 valence electrons. The molecule has 0 saturated heterocycles. The van der Waals surface area contributed by atoms with Crippen molar-refractivity contribution in [1.29, 1.82) is 0 Å². The lowest BCUT2D eigenvalue weighted by molar-refractivity contribution is 0.306. The molecule has 21 heavy (non-hydrogen) atoms. The molecule has 5 heteroatoms. The minimum Gasteiger partial charge on any atom is -0.266 e. The van der Waals surface area contributed by atoms with Crippen LogP contribution in [0.3, 0.4) is 0 Å². The van der Waals surface area contributed by atoms with Crippen LogP contribution in [-0.2, 0) is 14.3 Å². The Hall–Kier alpha value is -0.104. The first-order chi connectivity index (χ1) is 9.67. The first-order valence-electron chi connectivity index (χ1n) is 7.61. The Kier molecular flexibility index (Phi) is 12.4. The van der Waals surface area contributed by atoms with Gasteiger partial charge in [-0.2, -0.15) is 8.42 Å². The van der Waals surface area contributed by atoms with Crippen LogP contribution in [0.25, 0.3) is 0 Å². The molecule has 0 aliphatic heterocycles. The van der Waals surface area contributed by atoms with Gasteiger partial charge in [-0.05, 0) is 18.6 Å². The van der Waals surface area contributed by atoms with E-state index < -0.39 is 10.1 Å². The maximum atomic E-state index is 11.8. The third-order valence-corrected chi connectivity index (χ3v) is 4.59. The summed E-state index contributed by atoms with van der Waals surface area (Å²) >= 11 is 0. The van der Waals surface area contributed by atoms with E-state index in [0.717, 1.165) is 12.8 Å². The molecule has 0 atom stereocenters. The van der Waals surface area contributed by atoms with E-state index in [1.54, 1.807) is 30.3 Å². The zero-order chi connectivity index (χ0) is 14.7. The van der Waals surface area contributed by atoms with Crippen LogP contribution >= 0.6 is 0 Å². The lowest BCUT2D eigenvalue weighted by Crippen LogP contribution is -2.07. The zero-order valence-corrected chi connectivity index (χ0v) is 13.2. The summed E-state index contributed by atoms with van der Waals surface area (Å²) in [6.07, 6.45) is 9.44. The molecule has 0 unspecified atom stereocenters. The summed E-state index contributed by atoms with van der Waals surface area (Å²) in [6, 6.07) is 8.31. The van der Waals surface area contributed by atoms with E-state index in [1.165, 1.54) is 38.5 Å². The molecule has 0 heterocycles. The van der Waals surface area contributed by atoms with Crippen LogP contribution in [0.5, 0.6) is 0 Å². The predicted octanol–water partition coefficient (Wildman–Crippen LogP) is 3.62. The molecular formula is C16H28MgO3S. The third-order valence-electron chi connectivity index (χ3n) is 3.27. The fourth-order valence-corrected chi connectivity index (χ4v) is 3.02. The molecule has 0 amide bonds. The van der Waals surface area contributed by atoms with Gasteiger partial charge in [0.05, 0.1) is 11.5 Å². The zero-order valence-electron chi connectivity index (χ0n) is 12.4. The molecule has 0 fully saturated rings. The number of hydrogen-bond donors (Lipinski definition) is 0. The van der Waals surface area contributed by atoms with Crippen LogP contribution in [0, 0.1) is 0 Å². The van der Waals surface area contributed by atoms with Crippen LogP contribution < -0.4 is 0 Å². The second-order valence-electron chi connectivity index (χ2n) is 5.06. The van der Waals surface area contributed by atoms with Crippen LogP contribution in [0.4, 0.5) is 0 Å². The quantitative estimate of drug-likeness (QED) is 0.355. The van der Waals surface area contributed by atoms with Crippen molar-refractivity contribution in [2.45, 2.75) is 63.2 Å². The van der Waals surface area contributed by atoms with E-state index in [4.69, 9.17) is 4.18 Å². The Labute approximate surface area is 145 Å². The van der Waals surface area contributed by atoms with E-state index in [-0.39, 0.29) is 34.6 Å². The number of benzene rings is 1. The van der Waals surface area contributed by atoms with Crippen LogP contribution in [0.2, 0.25) is 0 Å². The average molecular weight is 325 g/mol. The minimum atomic E-state index is -3.57. The second kappa shape index (κ2) is 12.4. The van der Waals surface area contributed by atoms with Gasteiger partial charge in [0.2, 0.25) is 0 Å². The molecule has 0 aliphatic carbocycles. The first-order valence-corrected chi connectivity index (χ1v) is 9.02. The van der Waals surface area contributed by atoms with Gasteiger partial charge in [-0.3, -0.25) is 4.18 Å². The molecule has 0 bridgehead atoms. The Bertz CT molecular complexity index is 446. The van der Waals surface area contributed by atoms with Crippen LogP contribution in [0.1, 0.15) is 58.3 Å².